The van der Waals surface area contributed by atoms with E-state index in [1.165, 1.54) is 7.11 Å². The number of carbonyl (C=O) groups excluding carboxylic acids is 2. The maximum absolute atomic E-state index is 11.9. The second-order valence-corrected chi connectivity index (χ2v) is 5.28. The van der Waals surface area contributed by atoms with E-state index in [-0.39, 0.29) is 0 Å². The van der Waals surface area contributed by atoms with Gasteiger partial charge in [-0.3, -0.25) is 9.59 Å². The summed E-state index contributed by atoms with van der Waals surface area (Å²) in [7, 11) is 1.52. The number of anilines is 1. The molecule has 122 valence electrons. The number of ether oxygens (including phenoxy) is 1. The summed E-state index contributed by atoms with van der Waals surface area (Å²) in [6.07, 6.45) is 4.34. The summed E-state index contributed by atoms with van der Waals surface area (Å²) in [5, 5.41) is 5.28. The number of benzene rings is 1. The summed E-state index contributed by atoms with van der Waals surface area (Å²) >= 11 is 0. The molecule has 0 bridgehead atoms. The highest BCUT2D eigenvalue weighted by Crippen LogP contribution is 2.22. The van der Waals surface area contributed by atoms with Gasteiger partial charge in [-0.15, -0.1) is 0 Å². The van der Waals surface area contributed by atoms with Crippen molar-refractivity contribution in [3.8, 4) is 5.75 Å². The number of unbranched alkanes of at least 4 members (excludes halogenated alkanes) is 1. The first-order chi connectivity index (χ1) is 10.6. The Bertz CT molecular complexity index is 489. The van der Waals surface area contributed by atoms with Crippen LogP contribution in [-0.4, -0.2) is 25.5 Å². The minimum Gasteiger partial charge on any atom is -0.495 e. The lowest BCUT2D eigenvalue weighted by atomic mass is 9.99. The van der Waals surface area contributed by atoms with Crippen LogP contribution in [0.4, 0.5) is 5.69 Å². The molecule has 1 atom stereocenters. The molecule has 0 aliphatic carbocycles. The van der Waals surface area contributed by atoms with Crippen LogP contribution < -0.4 is 15.4 Å². The van der Waals surface area contributed by atoms with Crippen LogP contribution >= 0.6 is 0 Å². The molecule has 5 nitrogen and oxygen atoms in total. The van der Waals surface area contributed by atoms with Crippen LogP contribution in [0.1, 0.15) is 39.5 Å². The highest BCUT2D eigenvalue weighted by Gasteiger charge is 2.16. The van der Waals surface area contributed by atoms with E-state index in [0.29, 0.717) is 23.9 Å². The van der Waals surface area contributed by atoms with Gasteiger partial charge in [-0.05, 0) is 24.5 Å². The molecular formula is C17H26N2O3. The molecule has 0 saturated heterocycles. The van der Waals surface area contributed by atoms with E-state index in [1.807, 2.05) is 0 Å². The van der Waals surface area contributed by atoms with Gasteiger partial charge in [-0.2, -0.15) is 0 Å². The van der Waals surface area contributed by atoms with E-state index in [4.69, 9.17) is 4.74 Å². The van der Waals surface area contributed by atoms with Crippen LogP contribution in [0.3, 0.4) is 0 Å². The van der Waals surface area contributed by atoms with Gasteiger partial charge in [0.05, 0.1) is 12.8 Å². The maximum Gasteiger partial charge on any atom is 0.313 e. The Balaban J connectivity index is 2.49. The predicted octanol–water partition coefficient (Wildman–Crippen LogP) is 2.97. The lowest BCUT2D eigenvalue weighted by Gasteiger charge is -2.15. The van der Waals surface area contributed by atoms with Crippen LogP contribution in [-0.2, 0) is 9.59 Å². The third-order valence-corrected chi connectivity index (χ3v) is 3.66. The number of rotatable bonds is 8. The van der Waals surface area contributed by atoms with Crippen molar-refractivity contribution < 1.29 is 14.3 Å². The van der Waals surface area contributed by atoms with Crippen molar-refractivity contribution in [1.29, 1.82) is 0 Å². The van der Waals surface area contributed by atoms with Crippen molar-refractivity contribution in [2.45, 2.75) is 39.5 Å². The second-order valence-electron chi connectivity index (χ2n) is 5.28. The third-order valence-electron chi connectivity index (χ3n) is 3.66. The Labute approximate surface area is 132 Å². The number of nitrogens with one attached hydrogen (secondary N) is 2. The molecule has 22 heavy (non-hydrogen) atoms. The fraction of sp³-hybridized carbons (Fsp3) is 0.529. The van der Waals surface area contributed by atoms with Crippen LogP contribution in [0.5, 0.6) is 5.75 Å². The number of hydrogen-bond acceptors (Lipinski definition) is 3. The molecule has 0 radical (unpaired) electrons. The molecule has 0 spiro atoms. The first-order valence-electron chi connectivity index (χ1n) is 7.84. The van der Waals surface area contributed by atoms with E-state index in [9.17, 15) is 9.59 Å². The van der Waals surface area contributed by atoms with Gasteiger partial charge in [0, 0.05) is 6.54 Å². The maximum atomic E-state index is 11.9. The van der Waals surface area contributed by atoms with Crippen LogP contribution in [0.15, 0.2) is 24.3 Å². The molecule has 1 rings (SSSR count). The average molecular weight is 306 g/mol. The fourth-order valence-electron chi connectivity index (χ4n) is 2.19. The van der Waals surface area contributed by atoms with E-state index in [2.05, 4.69) is 24.5 Å². The molecule has 1 aromatic carbocycles. The van der Waals surface area contributed by atoms with Crippen LogP contribution in [0.2, 0.25) is 0 Å². The van der Waals surface area contributed by atoms with Gasteiger partial charge in [-0.25, -0.2) is 0 Å². The molecule has 0 fully saturated rings. The molecule has 0 aliphatic rings. The number of amides is 2. The minimum atomic E-state index is -0.671. The van der Waals surface area contributed by atoms with E-state index < -0.39 is 11.8 Å². The first-order valence-corrected chi connectivity index (χ1v) is 7.84. The van der Waals surface area contributed by atoms with Gasteiger partial charge in [0.15, 0.2) is 0 Å². The first kappa shape index (κ1) is 18.0. The second kappa shape index (κ2) is 9.82. The molecule has 2 amide bonds. The van der Waals surface area contributed by atoms with Crippen molar-refractivity contribution >= 4 is 17.5 Å². The van der Waals surface area contributed by atoms with Gasteiger partial charge in [-0.1, -0.05) is 45.2 Å². The summed E-state index contributed by atoms with van der Waals surface area (Å²) in [5.74, 6) is -0.336. The lowest BCUT2D eigenvalue weighted by Crippen LogP contribution is -2.38. The third kappa shape index (κ3) is 5.76. The summed E-state index contributed by atoms with van der Waals surface area (Å²) in [4.78, 5) is 23.8. The fourth-order valence-corrected chi connectivity index (χ4v) is 2.19. The summed E-state index contributed by atoms with van der Waals surface area (Å²) in [6, 6.07) is 6.99. The van der Waals surface area contributed by atoms with E-state index in [1.54, 1.807) is 24.3 Å². The molecule has 0 saturated carbocycles. The van der Waals surface area contributed by atoms with Gasteiger partial charge in [0.1, 0.15) is 5.75 Å². The van der Waals surface area contributed by atoms with E-state index >= 15 is 0 Å². The molecule has 0 aromatic heterocycles. The average Bonchev–Trinajstić information content (AvgIpc) is 2.55. The summed E-state index contributed by atoms with van der Waals surface area (Å²) in [5.41, 5.74) is 0.489. The van der Waals surface area contributed by atoms with Crippen molar-refractivity contribution in [3.05, 3.63) is 24.3 Å². The SMILES string of the molecule is CCCC[C@@H](CC)CNC(=O)C(=O)Nc1ccccc1OC. The summed E-state index contributed by atoms with van der Waals surface area (Å²) < 4.78 is 5.14. The van der Waals surface area contributed by atoms with Crippen molar-refractivity contribution in [3.63, 3.8) is 0 Å². The van der Waals surface area contributed by atoms with Crippen molar-refractivity contribution in [1.82, 2.24) is 5.32 Å². The smallest absolute Gasteiger partial charge is 0.313 e. The van der Waals surface area contributed by atoms with Gasteiger partial charge in [0.2, 0.25) is 0 Å². The minimum absolute atomic E-state index is 0.419. The number of methoxy groups -OCH3 is 1. The number of carbonyl (C=O) groups is 2. The Morgan fingerprint density at radius 2 is 1.91 bits per heavy atom. The van der Waals surface area contributed by atoms with Crippen molar-refractivity contribution in [2.24, 2.45) is 5.92 Å². The molecule has 1 aromatic rings. The highest BCUT2D eigenvalue weighted by atomic mass is 16.5. The van der Waals surface area contributed by atoms with Crippen molar-refractivity contribution in [2.75, 3.05) is 19.0 Å². The molecule has 0 aliphatic heterocycles. The van der Waals surface area contributed by atoms with Gasteiger partial charge < -0.3 is 15.4 Å². The van der Waals surface area contributed by atoms with Crippen LogP contribution in [0.25, 0.3) is 0 Å². The van der Waals surface area contributed by atoms with Crippen LogP contribution in [0, 0.1) is 5.92 Å². The summed E-state index contributed by atoms with van der Waals surface area (Å²) in [6.45, 7) is 4.78. The Kier molecular flexibility index (Phi) is 8.04. The Morgan fingerprint density at radius 1 is 1.18 bits per heavy atom. The molecule has 2 N–H and O–H groups in total. The number of hydrogen-bond donors (Lipinski definition) is 2. The van der Waals surface area contributed by atoms with Gasteiger partial charge >= 0.3 is 11.8 Å². The molecule has 0 heterocycles. The Hall–Kier alpha value is -2.04. The Morgan fingerprint density at radius 3 is 2.55 bits per heavy atom. The topological polar surface area (TPSA) is 67.4 Å². The monoisotopic (exact) mass is 306 g/mol. The number of para-hydroxylation sites is 2. The molecule has 0 unspecified atom stereocenters. The normalized spacial score (nSPS) is 11.6. The van der Waals surface area contributed by atoms with Gasteiger partial charge in [0.25, 0.3) is 0 Å². The largest absolute Gasteiger partial charge is 0.495 e. The zero-order valence-corrected chi connectivity index (χ0v) is 13.6. The quantitative estimate of drug-likeness (QED) is 0.726. The highest BCUT2D eigenvalue weighted by molar-refractivity contribution is 6.39. The predicted molar refractivity (Wildman–Crippen MR) is 87.9 cm³/mol. The van der Waals surface area contributed by atoms with E-state index in [0.717, 1.165) is 25.7 Å². The molecular weight excluding hydrogens is 280 g/mol. The molecule has 5 heteroatoms. The zero-order valence-electron chi connectivity index (χ0n) is 13.6. The standard InChI is InChI=1S/C17H26N2O3/c1-4-6-9-13(5-2)12-18-16(20)17(21)19-14-10-7-8-11-15(14)22-3/h7-8,10-11,13H,4-6,9,12H2,1-3H3,(H,18,20)(H,19,21)/t13-/m1/s1. The lowest BCUT2D eigenvalue weighted by molar-refractivity contribution is -0.136. The zero-order chi connectivity index (χ0) is 16.4.